The van der Waals surface area contributed by atoms with Crippen LogP contribution in [0, 0.1) is 11.8 Å². The van der Waals surface area contributed by atoms with Crippen LogP contribution in [-0.2, 0) is 0 Å². The van der Waals surface area contributed by atoms with Crippen molar-refractivity contribution in [2.45, 2.75) is 63.5 Å². The van der Waals surface area contributed by atoms with Crippen molar-refractivity contribution >= 4 is 0 Å². The summed E-state index contributed by atoms with van der Waals surface area (Å²) < 4.78 is 11.4. The first kappa shape index (κ1) is 19.6. The Morgan fingerprint density at radius 3 is 2.61 bits per heavy atom. The summed E-state index contributed by atoms with van der Waals surface area (Å²) in [6.07, 6.45) is 13.8. The molecule has 4 atom stereocenters. The van der Waals surface area contributed by atoms with Crippen LogP contribution in [0.4, 0.5) is 0 Å². The first-order valence-corrected chi connectivity index (χ1v) is 11.0. The fraction of sp³-hybridized carbons (Fsp3) is 0.600. The third-order valence-electron chi connectivity index (χ3n) is 7.50. The van der Waals surface area contributed by atoms with Crippen molar-refractivity contribution in [2.24, 2.45) is 11.8 Å². The van der Waals surface area contributed by atoms with Gasteiger partial charge < -0.3 is 9.47 Å². The minimum absolute atomic E-state index is 0.369. The lowest BCUT2D eigenvalue weighted by Crippen LogP contribution is -2.61. The van der Waals surface area contributed by atoms with E-state index in [4.69, 9.17) is 9.47 Å². The van der Waals surface area contributed by atoms with E-state index in [1.807, 2.05) is 24.3 Å². The summed E-state index contributed by atoms with van der Waals surface area (Å²) in [5.74, 6) is 3.09. The second-order valence-corrected chi connectivity index (χ2v) is 8.96. The van der Waals surface area contributed by atoms with Crippen LogP contribution >= 0.6 is 0 Å². The van der Waals surface area contributed by atoms with Gasteiger partial charge in [-0.1, -0.05) is 38.5 Å². The maximum Gasteiger partial charge on any atom is 0.119 e. The summed E-state index contributed by atoms with van der Waals surface area (Å²) in [4.78, 5) is 2.88. The number of ether oxygens (including phenoxy) is 2. The fourth-order valence-electron chi connectivity index (χ4n) is 6.11. The molecule has 0 unspecified atom stereocenters. The number of hydrogen-bond acceptors (Lipinski definition) is 3. The SMILES string of the molecule is C=CC1=CC[C@H]2CCC[C@]3(CCC[C@@H]3[C@@H](C)COc3ccc(OC)cc3)N2C1. The number of piperidine rings is 1. The number of benzene rings is 1. The van der Waals surface area contributed by atoms with Crippen molar-refractivity contribution in [1.82, 2.24) is 4.90 Å². The Bertz CT molecular complexity index is 710. The molecule has 0 amide bonds. The van der Waals surface area contributed by atoms with Gasteiger partial charge in [0.1, 0.15) is 11.5 Å². The van der Waals surface area contributed by atoms with Crippen LogP contribution in [0.5, 0.6) is 11.5 Å². The molecular weight excluding hydrogens is 346 g/mol. The molecule has 1 saturated carbocycles. The predicted octanol–water partition coefficient (Wildman–Crippen LogP) is 5.62. The van der Waals surface area contributed by atoms with Crippen LogP contribution in [0.1, 0.15) is 51.9 Å². The van der Waals surface area contributed by atoms with Gasteiger partial charge in [0.15, 0.2) is 0 Å². The highest BCUT2D eigenvalue weighted by Crippen LogP contribution is 2.52. The highest BCUT2D eigenvalue weighted by molar-refractivity contribution is 5.31. The molecule has 152 valence electrons. The van der Waals surface area contributed by atoms with Gasteiger partial charge in [-0.25, -0.2) is 0 Å². The van der Waals surface area contributed by atoms with E-state index >= 15 is 0 Å². The predicted molar refractivity (Wildman–Crippen MR) is 115 cm³/mol. The molecule has 0 N–H and O–H groups in total. The molecule has 1 aliphatic carbocycles. The molecule has 1 saturated heterocycles. The third-order valence-corrected chi connectivity index (χ3v) is 7.50. The Hall–Kier alpha value is -1.74. The smallest absolute Gasteiger partial charge is 0.119 e. The van der Waals surface area contributed by atoms with Gasteiger partial charge in [-0.3, -0.25) is 4.90 Å². The van der Waals surface area contributed by atoms with E-state index in [-0.39, 0.29) is 0 Å². The van der Waals surface area contributed by atoms with Crippen LogP contribution in [0.3, 0.4) is 0 Å². The van der Waals surface area contributed by atoms with Gasteiger partial charge in [-0.2, -0.15) is 0 Å². The second-order valence-electron chi connectivity index (χ2n) is 8.96. The van der Waals surface area contributed by atoms with Gasteiger partial charge in [0, 0.05) is 18.1 Å². The summed E-state index contributed by atoms with van der Waals surface area (Å²) in [7, 11) is 1.70. The van der Waals surface area contributed by atoms with Crippen LogP contribution in [-0.4, -0.2) is 36.7 Å². The van der Waals surface area contributed by atoms with Crippen LogP contribution in [0.25, 0.3) is 0 Å². The molecule has 0 bridgehead atoms. The number of nitrogens with zero attached hydrogens (tertiary/aromatic N) is 1. The average Bonchev–Trinajstić information content (AvgIpc) is 3.16. The summed E-state index contributed by atoms with van der Waals surface area (Å²) >= 11 is 0. The number of methoxy groups -OCH3 is 1. The Morgan fingerprint density at radius 2 is 1.89 bits per heavy atom. The Balaban J connectivity index is 1.47. The normalized spacial score (nSPS) is 31.1. The zero-order valence-electron chi connectivity index (χ0n) is 17.5. The first-order valence-electron chi connectivity index (χ1n) is 11.0. The zero-order valence-corrected chi connectivity index (χ0v) is 17.5. The summed E-state index contributed by atoms with van der Waals surface area (Å²) in [5, 5.41) is 0. The highest BCUT2D eigenvalue weighted by atomic mass is 16.5. The molecule has 1 aromatic carbocycles. The summed E-state index contributed by atoms with van der Waals surface area (Å²) in [6, 6.07) is 8.70. The Labute approximate surface area is 170 Å². The van der Waals surface area contributed by atoms with Gasteiger partial charge in [-0.15, -0.1) is 0 Å². The van der Waals surface area contributed by atoms with Crippen molar-refractivity contribution in [3.8, 4) is 11.5 Å². The molecule has 3 aliphatic rings. The second kappa shape index (κ2) is 8.32. The largest absolute Gasteiger partial charge is 0.497 e. The third kappa shape index (κ3) is 3.61. The molecule has 3 heteroatoms. The van der Waals surface area contributed by atoms with E-state index in [1.54, 1.807) is 7.11 Å². The molecule has 2 fully saturated rings. The van der Waals surface area contributed by atoms with E-state index in [9.17, 15) is 0 Å². The molecule has 28 heavy (non-hydrogen) atoms. The highest BCUT2D eigenvalue weighted by Gasteiger charge is 2.52. The maximum atomic E-state index is 6.19. The van der Waals surface area contributed by atoms with Gasteiger partial charge in [0.25, 0.3) is 0 Å². The van der Waals surface area contributed by atoms with Crippen LogP contribution in [0.15, 0.2) is 48.6 Å². The number of hydrogen-bond donors (Lipinski definition) is 0. The van der Waals surface area contributed by atoms with E-state index in [2.05, 4.69) is 30.6 Å². The molecule has 0 aromatic heterocycles. The van der Waals surface area contributed by atoms with Gasteiger partial charge in [-0.05, 0) is 73.8 Å². The maximum absolute atomic E-state index is 6.19. The van der Waals surface area contributed by atoms with Crippen molar-refractivity contribution in [3.05, 3.63) is 48.6 Å². The van der Waals surface area contributed by atoms with Crippen molar-refractivity contribution in [3.63, 3.8) is 0 Å². The number of rotatable bonds is 6. The monoisotopic (exact) mass is 381 g/mol. The zero-order chi connectivity index (χ0) is 19.6. The minimum Gasteiger partial charge on any atom is -0.497 e. The van der Waals surface area contributed by atoms with Crippen molar-refractivity contribution in [1.29, 1.82) is 0 Å². The lowest BCUT2D eigenvalue weighted by molar-refractivity contribution is -0.0424. The average molecular weight is 382 g/mol. The summed E-state index contributed by atoms with van der Waals surface area (Å²) in [6.45, 7) is 8.33. The molecule has 1 aromatic rings. The standard InChI is InChI=1S/C25H35NO2/c1-4-20-9-10-21-7-5-15-25(26(21)17-20)16-6-8-24(25)19(2)18-28-23-13-11-22(27-3)12-14-23/h4,9,11-14,19,21,24H,1,5-8,10,15-18H2,2-3H3/t19-,21+,24+,25+/m0/s1. The first-order chi connectivity index (χ1) is 13.7. The molecule has 0 radical (unpaired) electrons. The topological polar surface area (TPSA) is 21.7 Å². The van der Waals surface area contributed by atoms with Crippen molar-refractivity contribution in [2.75, 3.05) is 20.3 Å². The fourth-order valence-corrected chi connectivity index (χ4v) is 6.11. The van der Waals surface area contributed by atoms with Crippen LogP contribution < -0.4 is 9.47 Å². The number of fused-ring (bicyclic) bond motifs is 2. The van der Waals surface area contributed by atoms with E-state index in [0.717, 1.165) is 36.6 Å². The molecule has 2 heterocycles. The van der Waals surface area contributed by atoms with Crippen molar-refractivity contribution < 1.29 is 9.47 Å². The molecule has 1 spiro atoms. The Morgan fingerprint density at radius 1 is 1.18 bits per heavy atom. The van der Waals surface area contributed by atoms with E-state index in [1.165, 1.54) is 50.5 Å². The Kier molecular flexibility index (Phi) is 5.82. The minimum atomic E-state index is 0.369. The molecule has 2 aliphatic heterocycles. The molecular formula is C25H35NO2. The quantitative estimate of drug-likeness (QED) is 0.638. The van der Waals surface area contributed by atoms with Gasteiger partial charge >= 0.3 is 0 Å². The lowest BCUT2D eigenvalue weighted by Gasteiger charge is -2.55. The molecule has 3 nitrogen and oxygen atoms in total. The van der Waals surface area contributed by atoms with Gasteiger partial charge in [0.05, 0.1) is 13.7 Å². The van der Waals surface area contributed by atoms with E-state index in [0.29, 0.717) is 11.5 Å². The van der Waals surface area contributed by atoms with Gasteiger partial charge in [0.2, 0.25) is 0 Å². The van der Waals surface area contributed by atoms with Crippen LogP contribution in [0.2, 0.25) is 0 Å². The summed E-state index contributed by atoms with van der Waals surface area (Å²) in [5.41, 5.74) is 1.79. The molecule has 4 rings (SSSR count). The lowest BCUT2D eigenvalue weighted by atomic mass is 9.70. The van der Waals surface area contributed by atoms with E-state index < -0.39 is 0 Å².